The lowest BCUT2D eigenvalue weighted by molar-refractivity contribution is 0.372. The van der Waals surface area contributed by atoms with Crippen LogP contribution in [0, 0.1) is 0 Å². The van der Waals surface area contributed by atoms with E-state index in [2.05, 4.69) is 5.16 Å². The van der Waals surface area contributed by atoms with Gasteiger partial charge in [-0.1, -0.05) is 11.2 Å². The first-order valence-corrected chi connectivity index (χ1v) is 4.03. The first-order chi connectivity index (χ1) is 6.20. The number of rotatable bonds is 1. The van der Waals surface area contributed by atoms with Gasteiger partial charge < -0.3 is 15.4 Å². The fourth-order valence-corrected chi connectivity index (χ4v) is 1.30. The summed E-state index contributed by atoms with van der Waals surface area (Å²) in [7, 11) is 0. The van der Waals surface area contributed by atoms with E-state index in [4.69, 9.17) is 10.3 Å². The number of hydrogen-bond donors (Lipinski definition) is 2. The maximum absolute atomic E-state index is 9.40. The number of phenols is 1. The fourth-order valence-electron chi connectivity index (χ4n) is 1.30. The SMILES string of the molecule is CC(N)c1onc2c(O)cccc12. The van der Waals surface area contributed by atoms with Crippen LogP contribution in [0.4, 0.5) is 0 Å². The third-order valence-electron chi connectivity index (χ3n) is 1.93. The molecule has 0 bridgehead atoms. The second-order valence-electron chi connectivity index (χ2n) is 3.01. The van der Waals surface area contributed by atoms with Crippen molar-refractivity contribution in [3.05, 3.63) is 24.0 Å². The molecule has 68 valence electrons. The molecule has 0 radical (unpaired) electrons. The molecule has 0 amide bonds. The lowest BCUT2D eigenvalue weighted by Gasteiger charge is -1.98. The van der Waals surface area contributed by atoms with Gasteiger partial charge in [-0.2, -0.15) is 0 Å². The molecule has 2 rings (SSSR count). The van der Waals surface area contributed by atoms with Crippen LogP contribution in [0.3, 0.4) is 0 Å². The summed E-state index contributed by atoms with van der Waals surface area (Å²) in [5, 5.41) is 13.9. The van der Waals surface area contributed by atoms with E-state index >= 15 is 0 Å². The minimum atomic E-state index is -0.216. The highest BCUT2D eigenvalue weighted by Gasteiger charge is 2.13. The zero-order valence-corrected chi connectivity index (χ0v) is 7.19. The van der Waals surface area contributed by atoms with Crippen LogP contribution in [0.1, 0.15) is 18.7 Å². The van der Waals surface area contributed by atoms with E-state index in [-0.39, 0.29) is 11.8 Å². The highest BCUT2D eigenvalue weighted by atomic mass is 16.5. The van der Waals surface area contributed by atoms with Crippen LogP contribution in [-0.4, -0.2) is 10.3 Å². The Hall–Kier alpha value is -1.55. The second kappa shape index (κ2) is 2.74. The van der Waals surface area contributed by atoms with Crippen molar-refractivity contribution >= 4 is 10.9 Å². The summed E-state index contributed by atoms with van der Waals surface area (Å²) in [6.07, 6.45) is 0. The lowest BCUT2D eigenvalue weighted by Crippen LogP contribution is -2.03. The summed E-state index contributed by atoms with van der Waals surface area (Å²) in [6, 6.07) is 4.91. The lowest BCUT2D eigenvalue weighted by atomic mass is 10.1. The second-order valence-corrected chi connectivity index (χ2v) is 3.01. The summed E-state index contributed by atoms with van der Waals surface area (Å²) in [5.41, 5.74) is 6.13. The zero-order valence-electron chi connectivity index (χ0n) is 7.19. The van der Waals surface area contributed by atoms with Gasteiger partial charge in [-0.25, -0.2) is 0 Å². The number of benzene rings is 1. The van der Waals surface area contributed by atoms with Gasteiger partial charge in [0.1, 0.15) is 5.75 Å². The van der Waals surface area contributed by atoms with Gasteiger partial charge in [0.05, 0.1) is 11.4 Å². The average molecular weight is 178 g/mol. The highest BCUT2D eigenvalue weighted by Crippen LogP contribution is 2.28. The Balaban J connectivity index is 2.75. The summed E-state index contributed by atoms with van der Waals surface area (Å²) in [5.74, 6) is 0.721. The quantitative estimate of drug-likeness (QED) is 0.694. The van der Waals surface area contributed by atoms with Gasteiger partial charge in [0.25, 0.3) is 0 Å². The molecule has 1 aromatic heterocycles. The predicted molar refractivity (Wildman–Crippen MR) is 48.3 cm³/mol. The van der Waals surface area contributed by atoms with Gasteiger partial charge in [-0.3, -0.25) is 0 Å². The van der Waals surface area contributed by atoms with Crippen LogP contribution >= 0.6 is 0 Å². The van der Waals surface area contributed by atoms with E-state index in [0.29, 0.717) is 11.3 Å². The van der Waals surface area contributed by atoms with Gasteiger partial charge >= 0.3 is 0 Å². The van der Waals surface area contributed by atoms with E-state index in [1.54, 1.807) is 12.1 Å². The monoisotopic (exact) mass is 178 g/mol. The molecule has 0 aliphatic heterocycles. The summed E-state index contributed by atoms with van der Waals surface area (Å²) >= 11 is 0. The maximum Gasteiger partial charge on any atom is 0.161 e. The summed E-state index contributed by atoms with van der Waals surface area (Å²) in [6.45, 7) is 1.81. The molecule has 2 aromatic rings. The minimum absolute atomic E-state index is 0.119. The Morgan fingerprint density at radius 3 is 3.00 bits per heavy atom. The third-order valence-corrected chi connectivity index (χ3v) is 1.93. The van der Waals surface area contributed by atoms with Gasteiger partial charge in [-0.05, 0) is 19.1 Å². The van der Waals surface area contributed by atoms with Crippen LogP contribution in [0.5, 0.6) is 5.75 Å². The zero-order chi connectivity index (χ0) is 9.42. The van der Waals surface area contributed by atoms with Gasteiger partial charge in [0.2, 0.25) is 0 Å². The van der Waals surface area contributed by atoms with Crippen molar-refractivity contribution in [2.45, 2.75) is 13.0 Å². The standard InChI is InChI=1S/C9H10N2O2/c1-5(10)9-6-3-2-4-7(12)8(6)11-13-9/h2-5,12H,10H2,1H3. The Morgan fingerprint density at radius 1 is 1.54 bits per heavy atom. The molecular weight excluding hydrogens is 168 g/mol. The molecule has 1 unspecified atom stereocenters. The van der Waals surface area contributed by atoms with Gasteiger partial charge in [0, 0.05) is 0 Å². The van der Waals surface area contributed by atoms with Crippen LogP contribution in [0.2, 0.25) is 0 Å². The van der Waals surface area contributed by atoms with Crippen LogP contribution in [-0.2, 0) is 0 Å². The van der Waals surface area contributed by atoms with Crippen molar-refractivity contribution < 1.29 is 9.63 Å². The van der Waals surface area contributed by atoms with Crippen LogP contribution < -0.4 is 5.73 Å². The molecule has 1 aromatic carbocycles. The number of aromatic nitrogens is 1. The smallest absolute Gasteiger partial charge is 0.161 e. The van der Waals surface area contributed by atoms with Crippen molar-refractivity contribution in [3.8, 4) is 5.75 Å². The molecule has 13 heavy (non-hydrogen) atoms. The van der Waals surface area contributed by atoms with Crippen molar-refractivity contribution in [2.24, 2.45) is 5.73 Å². The number of nitrogens with two attached hydrogens (primary N) is 1. The Kier molecular flexibility index (Phi) is 1.70. The average Bonchev–Trinajstić information content (AvgIpc) is 2.48. The summed E-state index contributed by atoms with van der Waals surface area (Å²) in [4.78, 5) is 0. The van der Waals surface area contributed by atoms with E-state index in [1.807, 2.05) is 13.0 Å². The molecule has 0 spiro atoms. The number of aromatic hydroxyl groups is 1. The van der Waals surface area contributed by atoms with Gasteiger partial charge in [-0.15, -0.1) is 0 Å². The van der Waals surface area contributed by atoms with E-state index in [0.717, 1.165) is 5.39 Å². The molecule has 0 aliphatic rings. The number of nitrogens with zero attached hydrogens (tertiary/aromatic N) is 1. The minimum Gasteiger partial charge on any atom is -0.506 e. The molecule has 1 atom stereocenters. The Labute approximate surface area is 74.9 Å². The fraction of sp³-hybridized carbons (Fsp3) is 0.222. The molecule has 3 N–H and O–H groups in total. The number of hydrogen-bond acceptors (Lipinski definition) is 4. The molecular formula is C9H10N2O2. The normalized spacial score (nSPS) is 13.4. The predicted octanol–water partition coefficient (Wildman–Crippen LogP) is 1.55. The van der Waals surface area contributed by atoms with Crippen LogP contribution in [0.15, 0.2) is 22.7 Å². The largest absolute Gasteiger partial charge is 0.506 e. The number of fused-ring (bicyclic) bond motifs is 1. The molecule has 0 saturated heterocycles. The molecule has 1 heterocycles. The highest BCUT2D eigenvalue weighted by molar-refractivity contribution is 5.85. The van der Waals surface area contributed by atoms with Gasteiger partial charge in [0.15, 0.2) is 11.3 Å². The molecule has 4 heteroatoms. The molecule has 0 aliphatic carbocycles. The Morgan fingerprint density at radius 2 is 2.31 bits per heavy atom. The topological polar surface area (TPSA) is 72.3 Å². The molecule has 0 saturated carbocycles. The first kappa shape index (κ1) is 8.07. The molecule has 0 fully saturated rings. The van der Waals surface area contributed by atoms with E-state index in [1.165, 1.54) is 0 Å². The maximum atomic E-state index is 9.40. The van der Waals surface area contributed by atoms with E-state index < -0.39 is 0 Å². The van der Waals surface area contributed by atoms with E-state index in [9.17, 15) is 5.11 Å². The van der Waals surface area contributed by atoms with Crippen molar-refractivity contribution in [2.75, 3.05) is 0 Å². The van der Waals surface area contributed by atoms with Crippen molar-refractivity contribution in [3.63, 3.8) is 0 Å². The first-order valence-electron chi connectivity index (χ1n) is 4.03. The number of phenolic OH excluding ortho intramolecular Hbond substituents is 1. The van der Waals surface area contributed by atoms with Crippen molar-refractivity contribution in [1.82, 2.24) is 5.16 Å². The van der Waals surface area contributed by atoms with Crippen LogP contribution in [0.25, 0.3) is 10.9 Å². The molecule has 4 nitrogen and oxygen atoms in total. The third kappa shape index (κ3) is 1.15. The van der Waals surface area contributed by atoms with Crippen molar-refractivity contribution in [1.29, 1.82) is 0 Å². The summed E-state index contributed by atoms with van der Waals surface area (Å²) < 4.78 is 5.02. The Bertz CT molecular complexity index is 434.